The lowest BCUT2D eigenvalue weighted by molar-refractivity contribution is 0.191. The molecule has 3 nitrogen and oxygen atoms in total. The van der Waals surface area contributed by atoms with Crippen LogP contribution in [0.4, 0.5) is 0 Å². The van der Waals surface area contributed by atoms with E-state index >= 15 is 0 Å². The summed E-state index contributed by atoms with van der Waals surface area (Å²) in [5, 5.41) is 8.74. The normalized spacial score (nSPS) is 24.8. The maximum absolute atomic E-state index is 8.74. The minimum absolute atomic E-state index is 0.110. The summed E-state index contributed by atoms with van der Waals surface area (Å²) < 4.78 is 5.75. The second-order valence-corrected chi connectivity index (χ2v) is 3.89. The van der Waals surface area contributed by atoms with Gasteiger partial charge in [-0.05, 0) is 37.5 Å². The predicted octanol–water partition coefficient (Wildman–Crippen LogP) is 1.82. The van der Waals surface area contributed by atoms with Crippen molar-refractivity contribution in [2.75, 3.05) is 0 Å². The Morgan fingerprint density at radius 2 is 2.27 bits per heavy atom. The lowest BCUT2D eigenvalue weighted by Crippen LogP contribution is -2.33. The van der Waals surface area contributed by atoms with Crippen molar-refractivity contribution in [3.63, 3.8) is 0 Å². The lowest BCUT2D eigenvalue weighted by atomic mass is 10.2. The molecule has 2 atom stereocenters. The fourth-order valence-corrected chi connectivity index (χ4v) is 1.91. The molecule has 1 aliphatic rings. The van der Waals surface area contributed by atoms with Crippen molar-refractivity contribution in [2.45, 2.75) is 31.4 Å². The molecule has 1 aromatic carbocycles. The van der Waals surface area contributed by atoms with Crippen molar-refractivity contribution in [3.05, 3.63) is 29.8 Å². The topological polar surface area (TPSA) is 59.0 Å². The molecule has 0 aliphatic heterocycles. The Morgan fingerprint density at radius 3 is 2.93 bits per heavy atom. The van der Waals surface area contributed by atoms with E-state index in [2.05, 4.69) is 6.07 Å². The Balaban J connectivity index is 2.07. The van der Waals surface area contributed by atoms with Crippen LogP contribution in [0.3, 0.4) is 0 Å². The van der Waals surface area contributed by atoms with E-state index in [-0.39, 0.29) is 12.1 Å². The van der Waals surface area contributed by atoms with Crippen LogP contribution in [-0.4, -0.2) is 12.1 Å². The van der Waals surface area contributed by atoms with Gasteiger partial charge in [0, 0.05) is 6.04 Å². The highest BCUT2D eigenvalue weighted by Gasteiger charge is 2.25. The molecule has 3 heteroatoms. The molecular formula is C12H14N2O. The molecule has 0 heterocycles. The molecule has 15 heavy (non-hydrogen) atoms. The van der Waals surface area contributed by atoms with Crippen LogP contribution in [0.5, 0.6) is 5.75 Å². The van der Waals surface area contributed by atoms with Crippen LogP contribution in [0.2, 0.25) is 0 Å². The van der Waals surface area contributed by atoms with Crippen molar-refractivity contribution >= 4 is 0 Å². The molecule has 0 saturated heterocycles. The Kier molecular flexibility index (Phi) is 2.89. The highest BCUT2D eigenvalue weighted by molar-refractivity contribution is 5.36. The van der Waals surface area contributed by atoms with Gasteiger partial charge in [-0.2, -0.15) is 5.26 Å². The molecule has 0 aromatic heterocycles. The van der Waals surface area contributed by atoms with Crippen LogP contribution in [0.15, 0.2) is 24.3 Å². The van der Waals surface area contributed by atoms with Gasteiger partial charge in [-0.15, -0.1) is 0 Å². The van der Waals surface area contributed by atoms with Crippen LogP contribution in [-0.2, 0) is 0 Å². The second kappa shape index (κ2) is 4.33. The Bertz CT molecular complexity index is 383. The maximum atomic E-state index is 8.74. The molecular weight excluding hydrogens is 188 g/mol. The summed E-state index contributed by atoms with van der Waals surface area (Å²) in [6.45, 7) is 0. The largest absolute Gasteiger partial charge is 0.489 e. The van der Waals surface area contributed by atoms with Crippen LogP contribution in [0, 0.1) is 11.3 Å². The Labute approximate surface area is 89.5 Å². The number of rotatable bonds is 2. The summed E-state index contributed by atoms with van der Waals surface area (Å²) in [5.74, 6) is 0.747. The minimum atomic E-state index is 0.110. The lowest BCUT2D eigenvalue weighted by Gasteiger charge is -2.17. The van der Waals surface area contributed by atoms with Gasteiger partial charge in [0.15, 0.2) is 0 Å². The summed E-state index contributed by atoms with van der Waals surface area (Å²) >= 11 is 0. The zero-order valence-electron chi connectivity index (χ0n) is 8.52. The van der Waals surface area contributed by atoms with Gasteiger partial charge in [-0.1, -0.05) is 6.07 Å². The van der Waals surface area contributed by atoms with E-state index in [9.17, 15) is 0 Å². The van der Waals surface area contributed by atoms with Gasteiger partial charge in [-0.3, -0.25) is 0 Å². The molecule has 0 amide bonds. The summed E-state index contributed by atoms with van der Waals surface area (Å²) in [5.41, 5.74) is 6.53. The number of ether oxygens (including phenoxy) is 1. The molecule has 1 aliphatic carbocycles. The van der Waals surface area contributed by atoms with Crippen LogP contribution in [0.1, 0.15) is 24.8 Å². The minimum Gasteiger partial charge on any atom is -0.489 e. The van der Waals surface area contributed by atoms with Crippen molar-refractivity contribution in [2.24, 2.45) is 5.73 Å². The molecule has 2 unspecified atom stereocenters. The zero-order chi connectivity index (χ0) is 10.7. The third-order valence-electron chi connectivity index (χ3n) is 2.75. The van der Waals surface area contributed by atoms with Gasteiger partial charge in [0.05, 0.1) is 11.6 Å². The van der Waals surface area contributed by atoms with Gasteiger partial charge in [0.2, 0.25) is 0 Å². The standard InChI is InChI=1S/C12H14N2O/c13-8-9-3-1-4-10(7-9)15-12-6-2-5-11(12)14/h1,3-4,7,11-12H,2,5-6,14H2. The Morgan fingerprint density at radius 1 is 1.40 bits per heavy atom. The van der Waals surface area contributed by atoms with Crippen LogP contribution < -0.4 is 10.5 Å². The van der Waals surface area contributed by atoms with Gasteiger partial charge in [0.25, 0.3) is 0 Å². The molecule has 1 saturated carbocycles. The van der Waals surface area contributed by atoms with Gasteiger partial charge >= 0.3 is 0 Å². The third-order valence-corrected chi connectivity index (χ3v) is 2.75. The monoisotopic (exact) mass is 202 g/mol. The van der Waals surface area contributed by atoms with E-state index in [0.717, 1.165) is 25.0 Å². The molecule has 0 spiro atoms. The average Bonchev–Trinajstić information content (AvgIpc) is 2.65. The first-order valence-electron chi connectivity index (χ1n) is 5.22. The fraction of sp³-hybridized carbons (Fsp3) is 0.417. The van der Waals surface area contributed by atoms with E-state index in [1.165, 1.54) is 0 Å². The van der Waals surface area contributed by atoms with E-state index in [1.807, 2.05) is 12.1 Å². The van der Waals surface area contributed by atoms with Crippen molar-refractivity contribution in [1.82, 2.24) is 0 Å². The van der Waals surface area contributed by atoms with E-state index in [1.54, 1.807) is 12.1 Å². The van der Waals surface area contributed by atoms with Gasteiger partial charge in [-0.25, -0.2) is 0 Å². The van der Waals surface area contributed by atoms with Crippen molar-refractivity contribution in [1.29, 1.82) is 5.26 Å². The molecule has 0 radical (unpaired) electrons. The van der Waals surface area contributed by atoms with Crippen molar-refractivity contribution < 1.29 is 4.74 Å². The molecule has 1 fully saturated rings. The first-order valence-corrected chi connectivity index (χ1v) is 5.22. The SMILES string of the molecule is N#Cc1cccc(OC2CCCC2N)c1. The molecule has 0 bridgehead atoms. The van der Waals surface area contributed by atoms with Crippen molar-refractivity contribution in [3.8, 4) is 11.8 Å². The highest BCUT2D eigenvalue weighted by Crippen LogP contribution is 2.23. The second-order valence-electron chi connectivity index (χ2n) is 3.89. The average molecular weight is 202 g/mol. The Hall–Kier alpha value is -1.53. The van der Waals surface area contributed by atoms with E-state index in [0.29, 0.717) is 5.56 Å². The molecule has 1 aromatic rings. The number of nitrogens with zero attached hydrogens (tertiary/aromatic N) is 1. The summed E-state index contributed by atoms with van der Waals surface area (Å²) in [6.07, 6.45) is 3.28. The van der Waals surface area contributed by atoms with Gasteiger partial charge < -0.3 is 10.5 Å². The number of hydrogen-bond donors (Lipinski definition) is 1. The van der Waals surface area contributed by atoms with E-state index in [4.69, 9.17) is 15.7 Å². The first-order chi connectivity index (χ1) is 7.29. The smallest absolute Gasteiger partial charge is 0.121 e. The number of hydrogen-bond acceptors (Lipinski definition) is 3. The van der Waals surface area contributed by atoms with E-state index < -0.39 is 0 Å². The quantitative estimate of drug-likeness (QED) is 0.795. The van der Waals surface area contributed by atoms with Crippen LogP contribution in [0.25, 0.3) is 0 Å². The summed E-state index contributed by atoms with van der Waals surface area (Å²) in [6, 6.07) is 9.44. The fourth-order valence-electron chi connectivity index (χ4n) is 1.91. The summed E-state index contributed by atoms with van der Waals surface area (Å²) in [4.78, 5) is 0. The number of nitriles is 1. The maximum Gasteiger partial charge on any atom is 0.121 e. The number of nitrogens with two attached hydrogens (primary N) is 1. The van der Waals surface area contributed by atoms with Crippen LogP contribution >= 0.6 is 0 Å². The molecule has 78 valence electrons. The zero-order valence-corrected chi connectivity index (χ0v) is 8.52. The predicted molar refractivity (Wildman–Crippen MR) is 57.4 cm³/mol. The first kappa shape index (κ1) is 10.0. The van der Waals surface area contributed by atoms with Gasteiger partial charge in [0.1, 0.15) is 11.9 Å². The molecule has 2 N–H and O–H groups in total. The summed E-state index contributed by atoms with van der Waals surface area (Å²) in [7, 11) is 0. The molecule has 2 rings (SSSR count). The third kappa shape index (κ3) is 2.28. The highest BCUT2D eigenvalue weighted by atomic mass is 16.5. The number of benzene rings is 1.